The Hall–Kier alpha value is -1.52. The van der Waals surface area contributed by atoms with Crippen LogP contribution in [0.1, 0.15) is 90.9 Å². The summed E-state index contributed by atoms with van der Waals surface area (Å²) in [7, 11) is 0. The van der Waals surface area contributed by atoms with Crippen molar-refractivity contribution < 1.29 is 9.59 Å². The minimum atomic E-state index is -0.160. The van der Waals surface area contributed by atoms with E-state index in [1.165, 1.54) is 56.3 Å². The second kappa shape index (κ2) is 14.5. The molecule has 0 N–H and O–H groups in total. The normalized spacial score (nSPS) is 15.0. The predicted molar refractivity (Wildman–Crippen MR) is 113 cm³/mol. The topological polar surface area (TPSA) is 43.9 Å². The van der Waals surface area contributed by atoms with Gasteiger partial charge < -0.3 is 9.80 Å². The molecule has 0 spiro atoms. The van der Waals surface area contributed by atoms with Gasteiger partial charge in [0, 0.05) is 13.1 Å². The monoisotopic (exact) mass is 379 g/mol. The molecule has 5 nitrogen and oxygen atoms in total. The summed E-state index contributed by atoms with van der Waals surface area (Å²) in [6.07, 6.45) is 16.0. The molecule has 0 unspecified atom stereocenters. The number of nitrogens with zero attached hydrogens (tertiary/aromatic N) is 3. The third kappa shape index (κ3) is 8.81. The molecular weight excluding hydrogens is 338 g/mol. The highest BCUT2D eigenvalue weighted by molar-refractivity contribution is 5.95. The first kappa shape index (κ1) is 23.5. The standard InChI is InChI=1S/C22H41N3O2/c1-4-7-9-11-13-15-18-23-20-24(19-16-14-12-10-8-5-2)22(27)25(17-6-3)21(23)26/h6H,3-5,7-20H2,1-2H3. The van der Waals surface area contributed by atoms with Crippen LogP contribution in [0.5, 0.6) is 0 Å². The van der Waals surface area contributed by atoms with Gasteiger partial charge in [0.1, 0.15) is 0 Å². The largest absolute Gasteiger partial charge is 0.329 e. The SMILES string of the molecule is C=CCN1C(=O)N(CCCCCCCC)CN(CCCCCCCC)C1=O. The van der Waals surface area contributed by atoms with Crippen LogP contribution in [0.15, 0.2) is 12.7 Å². The quantitative estimate of drug-likeness (QED) is 0.243. The molecule has 0 aromatic carbocycles. The van der Waals surface area contributed by atoms with Gasteiger partial charge in [0.25, 0.3) is 0 Å². The number of imide groups is 1. The smallest absolute Gasteiger partial charge is 0.306 e. The fraction of sp³-hybridized carbons (Fsp3) is 0.818. The van der Waals surface area contributed by atoms with Gasteiger partial charge in [0.15, 0.2) is 0 Å². The van der Waals surface area contributed by atoms with E-state index < -0.39 is 0 Å². The molecule has 0 aromatic rings. The number of amides is 4. The van der Waals surface area contributed by atoms with Crippen molar-refractivity contribution in [1.82, 2.24) is 14.7 Å². The van der Waals surface area contributed by atoms with Crippen LogP contribution in [0.2, 0.25) is 0 Å². The summed E-state index contributed by atoms with van der Waals surface area (Å²) in [4.78, 5) is 30.3. The highest BCUT2D eigenvalue weighted by Crippen LogP contribution is 2.16. The Kier molecular flexibility index (Phi) is 12.7. The molecule has 0 atom stereocenters. The number of carbonyl (C=O) groups excluding carboxylic acids is 2. The third-order valence-corrected chi connectivity index (χ3v) is 5.22. The first-order valence-electron chi connectivity index (χ1n) is 11.1. The zero-order valence-corrected chi connectivity index (χ0v) is 17.8. The van der Waals surface area contributed by atoms with Crippen molar-refractivity contribution in [3.63, 3.8) is 0 Å². The number of carbonyl (C=O) groups is 2. The van der Waals surface area contributed by atoms with Gasteiger partial charge in [-0.25, -0.2) is 14.5 Å². The molecule has 0 aromatic heterocycles. The van der Waals surface area contributed by atoms with E-state index in [1.54, 1.807) is 6.08 Å². The maximum Gasteiger partial charge on any atom is 0.329 e. The predicted octanol–water partition coefficient (Wildman–Crippen LogP) is 6.01. The molecule has 1 aliphatic heterocycles. The summed E-state index contributed by atoms with van der Waals surface area (Å²) in [5.41, 5.74) is 0. The third-order valence-electron chi connectivity index (χ3n) is 5.22. The molecule has 5 heteroatoms. The average molecular weight is 380 g/mol. The zero-order valence-electron chi connectivity index (χ0n) is 17.8. The molecule has 27 heavy (non-hydrogen) atoms. The molecule has 0 radical (unpaired) electrons. The summed E-state index contributed by atoms with van der Waals surface area (Å²) < 4.78 is 0. The second-order valence-electron chi connectivity index (χ2n) is 7.67. The first-order chi connectivity index (χ1) is 13.2. The fourth-order valence-electron chi connectivity index (χ4n) is 3.53. The van der Waals surface area contributed by atoms with E-state index in [0.29, 0.717) is 6.67 Å². The Labute approximate surface area is 166 Å². The molecular formula is C22H41N3O2. The number of hydrogen-bond acceptors (Lipinski definition) is 2. The van der Waals surface area contributed by atoms with Crippen LogP contribution in [0.3, 0.4) is 0 Å². The molecule has 0 bridgehead atoms. The van der Waals surface area contributed by atoms with Gasteiger partial charge in [-0.3, -0.25) is 0 Å². The first-order valence-corrected chi connectivity index (χ1v) is 11.1. The van der Waals surface area contributed by atoms with Gasteiger partial charge in [-0.05, 0) is 12.8 Å². The van der Waals surface area contributed by atoms with Crippen LogP contribution in [-0.2, 0) is 0 Å². The van der Waals surface area contributed by atoms with E-state index >= 15 is 0 Å². The van der Waals surface area contributed by atoms with Gasteiger partial charge in [0.2, 0.25) is 0 Å². The van der Waals surface area contributed by atoms with Gasteiger partial charge in [-0.1, -0.05) is 84.1 Å². The van der Waals surface area contributed by atoms with E-state index in [-0.39, 0.29) is 18.6 Å². The molecule has 1 heterocycles. The minimum Gasteiger partial charge on any atom is -0.306 e. The van der Waals surface area contributed by atoms with Crippen LogP contribution >= 0.6 is 0 Å². The van der Waals surface area contributed by atoms with Crippen LogP contribution in [-0.4, -0.2) is 53.1 Å². The molecule has 156 valence electrons. The van der Waals surface area contributed by atoms with Crippen molar-refractivity contribution in [2.45, 2.75) is 90.9 Å². The van der Waals surface area contributed by atoms with E-state index in [2.05, 4.69) is 20.4 Å². The summed E-state index contributed by atoms with van der Waals surface area (Å²) in [6, 6.07) is -0.319. The lowest BCUT2D eigenvalue weighted by Gasteiger charge is -2.40. The Morgan fingerprint density at radius 3 is 1.56 bits per heavy atom. The van der Waals surface area contributed by atoms with Gasteiger partial charge >= 0.3 is 12.1 Å². The van der Waals surface area contributed by atoms with Gasteiger partial charge in [-0.2, -0.15) is 0 Å². The maximum atomic E-state index is 12.6. The summed E-state index contributed by atoms with van der Waals surface area (Å²) in [5, 5.41) is 0. The van der Waals surface area contributed by atoms with Crippen molar-refractivity contribution in [2.75, 3.05) is 26.3 Å². The average Bonchev–Trinajstić information content (AvgIpc) is 2.67. The fourth-order valence-corrected chi connectivity index (χ4v) is 3.53. The summed E-state index contributed by atoms with van der Waals surface area (Å²) in [5.74, 6) is 0. The molecule has 4 amide bonds. The van der Waals surface area contributed by atoms with Crippen molar-refractivity contribution >= 4 is 12.1 Å². The second-order valence-corrected chi connectivity index (χ2v) is 7.67. The number of rotatable bonds is 16. The Bertz CT molecular complexity index is 405. The Morgan fingerprint density at radius 1 is 0.741 bits per heavy atom. The van der Waals surface area contributed by atoms with Crippen LogP contribution < -0.4 is 0 Å². The summed E-state index contributed by atoms with van der Waals surface area (Å²) in [6.45, 7) is 10.3. The van der Waals surface area contributed by atoms with Crippen LogP contribution in [0, 0.1) is 0 Å². The maximum absolute atomic E-state index is 12.6. The van der Waals surface area contributed by atoms with E-state index in [1.807, 2.05) is 9.80 Å². The van der Waals surface area contributed by atoms with Crippen molar-refractivity contribution in [3.8, 4) is 0 Å². The van der Waals surface area contributed by atoms with Gasteiger partial charge in [-0.15, -0.1) is 6.58 Å². The van der Waals surface area contributed by atoms with Crippen molar-refractivity contribution in [3.05, 3.63) is 12.7 Å². The zero-order chi connectivity index (χ0) is 19.9. The lowest BCUT2D eigenvalue weighted by atomic mass is 10.1. The molecule has 0 saturated carbocycles. The minimum absolute atomic E-state index is 0.160. The lowest BCUT2D eigenvalue weighted by Crippen LogP contribution is -2.61. The number of urea groups is 2. The van der Waals surface area contributed by atoms with E-state index in [0.717, 1.165) is 38.8 Å². The highest BCUT2D eigenvalue weighted by atomic mass is 16.2. The molecule has 1 saturated heterocycles. The molecule has 1 rings (SSSR count). The number of unbranched alkanes of at least 4 members (excludes halogenated alkanes) is 10. The lowest BCUT2D eigenvalue weighted by molar-refractivity contribution is 0.0797. The van der Waals surface area contributed by atoms with Crippen LogP contribution in [0.25, 0.3) is 0 Å². The van der Waals surface area contributed by atoms with Crippen molar-refractivity contribution in [2.24, 2.45) is 0 Å². The Balaban J connectivity index is 2.46. The summed E-state index contributed by atoms with van der Waals surface area (Å²) >= 11 is 0. The van der Waals surface area contributed by atoms with E-state index in [4.69, 9.17) is 0 Å². The van der Waals surface area contributed by atoms with E-state index in [9.17, 15) is 9.59 Å². The molecule has 0 aliphatic carbocycles. The Morgan fingerprint density at radius 2 is 1.15 bits per heavy atom. The number of hydrogen-bond donors (Lipinski definition) is 0. The van der Waals surface area contributed by atoms with Crippen LogP contribution in [0.4, 0.5) is 9.59 Å². The highest BCUT2D eigenvalue weighted by Gasteiger charge is 2.35. The molecule has 1 fully saturated rings. The van der Waals surface area contributed by atoms with Crippen molar-refractivity contribution in [1.29, 1.82) is 0 Å². The molecule has 1 aliphatic rings. The van der Waals surface area contributed by atoms with Gasteiger partial charge in [0.05, 0.1) is 13.2 Å².